The number of allylic oxidation sites excluding steroid dienone is 2. The number of benzene rings is 2. The molecule has 28 heavy (non-hydrogen) atoms. The second kappa shape index (κ2) is 9.41. The van der Waals surface area contributed by atoms with Gasteiger partial charge in [-0.15, -0.1) is 0 Å². The van der Waals surface area contributed by atoms with E-state index in [0.717, 1.165) is 11.1 Å². The number of nitrogens with two attached hydrogens (primary N) is 1. The number of aromatic carboxylic acids is 1. The van der Waals surface area contributed by atoms with Gasteiger partial charge in [-0.3, -0.25) is 5.41 Å². The topological polar surface area (TPSA) is 106 Å². The van der Waals surface area contributed by atoms with E-state index in [4.69, 9.17) is 20.6 Å². The van der Waals surface area contributed by atoms with E-state index in [0.29, 0.717) is 23.3 Å². The maximum Gasteiger partial charge on any atom is 0.340 e. The van der Waals surface area contributed by atoms with Gasteiger partial charge >= 0.3 is 5.97 Å². The van der Waals surface area contributed by atoms with E-state index in [1.807, 2.05) is 50.3 Å². The molecule has 0 spiro atoms. The predicted octanol–water partition coefficient (Wildman–Crippen LogP) is 4.34. The number of ether oxygens (including phenoxy) is 2. The van der Waals surface area contributed by atoms with Gasteiger partial charge in [0.15, 0.2) is 5.75 Å². The quantitative estimate of drug-likeness (QED) is 0.287. The number of carbonyl (C=O) groups is 1. The first-order valence-corrected chi connectivity index (χ1v) is 8.69. The number of methoxy groups -OCH3 is 1. The fraction of sp³-hybridized carbons (Fsp3) is 0.182. The Hall–Kier alpha value is -3.54. The molecule has 146 valence electrons. The van der Waals surface area contributed by atoms with Gasteiger partial charge in [0.25, 0.3) is 6.02 Å². The van der Waals surface area contributed by atoms with Crippen molar-refractivity contribution in [1.29, 1.82) is 5.41 Å². The zero-order valence-electron chi connectivity index (χ0n) is 16.2. The van der Waals surface area contributed by atoms with Gasteiger partial charge < -0.3 is 20.3 Å². The molecule has 0 heterocycles. The largest absolute Gasteiger partial charge is 0.496 e. The van der Waals surface area contributed by atoms with Crippen LogP contribution in [0.1, 0.15) is 40.9 Å². The Balaban J connectivity index is 2.70. The fourth-order valence-electron chi connectivity index (χ4n) is 2.70. The fourth-order valence-corrected chi connectivity index (χ4v) is 2.70. The summed E-state index contributed by atoms with van der Waals surface area (Å²) in [5.74, 6) is -0.693. The molecule has 0 aliphatic rings. The number of hydrogen-bond acceptors (Lipinski definition) is 4. The van der Waals surface area contributed by atoms with Crippen molar-refractivity contribution < 1.29 is 19.4 Å². The van der Waals surface area contributed by atoms with Crippen LogP contribution in [0.25, 0.3) is 12.2 Å². The van der Waals surface area contributed by atoms with Gasteiger partial charge in [-0.05, 0) is 37.5 Å². The van der Waals surface area contributed by atoms with Crippen LogP contribution in [0.5, 0.6) is 11.5 Å². The second-order valence-corrected chi connectivity index (χ2v) is 6.35. The van der Waals surface area contributed by atoms with Crippen molar-refractivity contribution in [2.45, 2.75) is 20.3 Å². The number of carboxylic acid groups (broad SMARTS) is 1. The first-order chi connectivity index (χ1) is 13.3. The van der Waals surface area contributed by atoms with Crippen molar-refractivity contribution in [3.05, 3.63) is 70.3 Å². The summed E-state index contributed by atoms with van der Waals surface area (Å²) in [5.41, 5.74) is 8.24. The molecular weight excluding hydrogens is 356 g/mol. The summed E-state index contributed by atoms with van der Waals surface area (Å²) in [6, 6.07) is 10.6. The number of hydrogen-bond donors (Lipinski definition) is 3. The van der Waals surface area contributed by atoms with Crippen molar-refractivity contribution in [2.75, 3.05) is 7.11 Å². The molecule has 0 saturated carbocycles. The highest BCUT2D eigenvalue weighted by molar-refractivity contribution is 5.98. The van der Waals surface area contributed by atoms with Crippen LogP contribution in [0.15, 0.2) is 48.0 Å². The Bertz CT molecular complexity index is 927. The molecule has 0 radical (unpaired) electrons. The molecular formula is C22H24N2O4. The molecule has 2 aromatic rings. The normalized spacial score (nSPS) is 10.5. The zero-order chi connectivity index (χ0) is 20.7. The lowest BCUT2D eigenvalue weighted by atomic mass is 9.97. The Labute approximate surface area is 164 Å². The monoisotopic (exact) mass is 380 g/mol. The average molecular weight is 380 g/mol. The van der Waals surface area contributed by atoms with Crippen LogP contribution < -0.4 is 15.2 Å². The molecule has 6 nitrogen and oxygen atoms in total. The Morgan fingerprint density at radius 3 is 2.43 bits per heavy atom. The van der Waals surface area contributed by atoms with Crippen LogP contribution in [-0.4, -0.2) is 24.2 Å². The summed E-state index contributed by atoms with van der Waals surface area (Å²) in [4.78, 5) is 12.0. The Kier molecular flexibility index (Phi) is 6.98. The molecule has 0 aliphatic heterocycles. The van der Waals surface area contributed by atoms with Gasteiger partial charge in [0.1, 0.15) is 11.3 Å². The van der Waals surface area contributed by atoms with E-state index < -0.39 is 12.0 Å². The van der Waals surface area contributed by atoms with E-state index in [2.05, 4.69) is 0 Å². The molecule has 0 aromatic heterocycles. The number of carboxylic acids is 1. The molecule has 2 aromatic carbocycles. The van der Waals surface area contributed by atoms with E-state index >= 15 is 0 Å². The SMILES string of the molecule is COc1cc(C=Cc2ccccc2)c(C(=O)O)c(OC(=N)N)c1CC=C(C)C. The van der Waals surface area contributed by atoms with E-state index in [1.54, 1.807) is 18.2 Å². The summed E-state index contributed by atoms with van der Waals surface area (Å²) in [5, 5.41) is 17.3. The summed E-state index contributed by atoms with van der Waals surface area (Å²) in [6.45, 7) is 3.88. The van der Waals surface area contributed by atoms with Gasteiger partial charge in [-0.1, -0.05) is 54.1 Å². The van der Waals surface area contributed by atoms with Crippen molar-refractivity contribution in [3.8, 4) is 11.5 Å². The lowest BCUT2D eigenvalue weighted by Gasteiger charge is -2.18. The molecule has 0 unspecified atom stereocenters. The van der Waals surface area contributed by atoms with Crippen molar-refractivity contribution in [2.24, 2.45) is 5.73 Å². The van der Waals surface area contributed by atoms with Crippen molar-refractivity contribution in [3.63, 3.8) is 0 Å². The lowest BCUT2D eigenvalue weighted by molar-refractivity contribution is 0.0694. The zero-order valence-corrected chi connectivity index (χ0v) is 16.2. The standard InChI is InChI=1S/C22H24N2O4/c1-14(2)9-12-17-18(27-3)13-16(11-10-15-7-5-4-6-8-15)19(21(25)26)20(17)28-22(23)24/h4-11,13H,12H2,1-3H3,(H3,23,24)(H,25,26). The van der Waals surface area contributed by atoms with E-state index in [9.17, 15) is 9.90 Å². The molecule has 0 amide bonds. The lowest BCUT2D eigenvalue weighted by Crippen LogP contribution is -2.21. The smallest absolute Gasteiger partial charge is 0.340 e. The van der Waals surface area contributed by atoms with Gasteiger partial charge in [0.2, 0.25) is 0 Å². The predicted molar refractivity (Wildman–Crippen MR) is 111 cm³/mol. The first-order valence-electron chi connectivity index (χ1n) is 8.69. The summed E-state index contributed by atoms with van der Waals surface area (Å²) in [6.07, 6.45) is 5.79. The van der Waals surface area contributed by atoms with Gasteiger partial charge in [-0.2, -0.15) is 0 Å². The van der Waals surface area contributed by atoms with Crippen LogP contribution in [0.2, 0.25) is 0 Å². The third kappa shape index (κ3) is 5.23. The minimum Gasteiger partial charge on any atom is -0.496 e. The molecule has 0 bridgehead atoms. The van der Waals surface area contributed by atoms with E-state index in [1.165, 1.54) is 7.11 Å². The highest BCUT2D eigenvalue weighted by atomic mass is 16.5. The van der Waals surface area contributed by atoms with Crippen LogP contribution in [0, 0.1) is 5.41 Å². The Morgan fingerprint density at radius 2 is 1.89 bits per heavy atom. The molecule has 2 rings (SSSR count). The van der Waals surface area contributed by atoms with Crippen molar-refractivity contribution in [1.82, 2.24) is 0 Å². The minimum atomic E-state index is -1.18. The third-order valence-corrected chi connectivity index (χ3v) is 3.99. The minimum absolute atomic E-state index is 0.0181. The number of rotatable bonds is 7. The maximum absolute atomic E-state index is 12.0. The Morgan fingerprint density at radius 1 is 1.21 bits per heavy atom. The third-order valence-electron chi connectivity index (χ3n) is 3.99. The summed E-state index contributed by atoms with van der Waals surface area (Å²) < 4.78 is 10.8. The van der Waals surface area contributed by atoms with Gasteiger partial charge in [0.05, 0.1) is 7.11 Å². The van der Waals surface area contributed by atoms with Gasteiger partial charge in [-0.25, -0.2) is 4.79 Å². The van der Waals surface area contributed by atoms with Crippen LogP contribution in [0.4, 0.5) is 0 Å². The molecule has 6 heteroatoms. The molecule has 0 aliphatic carbocycles. The highest BCUT2D eigenvalue weighted by Crippen LogP contribution is 2.37. The number of amidine groups is 1. The first kappa shape index (κ1) is 20.8. The molecule has 0 atom stereocenters. The highest BCUT2D eigenvalue weighted by Gasteiger charge is 2.24. The van der Waals surface area contributed by atoms with Crippen LogP contribution in [0.3, 0.4) is 0 Å². The van der Waals surface area contributed by atoms with Crippen LogP contribution >= 0.6 is 0 Å². The molecule has 0 saturated heterocycles. The summed E-state index contributed by atoms with van der Waals surface area (Å²) >= 11 is 0. The van der Waals surface area contributed by atoms with Gasteiger partial charge in [0, 0.05) is 5.56 Å². The average Bonchev–Trinajstić information content (AvgIpc) is 2.64. The number of nitrogens with one attached hydrogen (secondary N) is 1. The molecule has 4 N–H and O–H groups in total. The van der Waals surface area contributed by atoms with Crippen LogP contribution in [-0.2, 0) is 6.42 Å². The second-order valence-electron chi connectivity index (χ2n) is 6.35. The van der Waals surface area contributed by atoms with Crippen molar-refractivity contribution >= 4 is 24.1 Å². The summed E-state index contributed by atoms with van der Waals surface area (Å²) in [7, 11) is 1.50. The van der Waals surface area contributed by atoms with E-state index in [-0.39, 0.29) is 11.3 Å². The molecule has 0 fully saturated rings. The maximum atomic E-state index is 12.0.